The van der Waals surface area contributed by atoms with Crippen molar-refractivity contribution in [1.29, 1.82) is 0 Å². The van der Waals surface area contributed by atoms with Crippen molar-refractivity contribution in [2.45, 2.75) is 39.9 Å². The maximum atomic E-state index is 12.6. The van der Waals surface area contributed by atoms with Gasteiger partial charge in [0.2, 0.25) is 0 Å². The van der Waals surface area contributed by atoms with Crippen LogP contribution < -0.4 is 9.47 Å². The van der Waals surface area contributed by atoms with E-state index in [1.54, 1.807) is 13.8 Å². The largest absolute Gasteiger partial charge is 0.491 e. The molecule has 2 atom stereocenters. The van der Waals surface area contributed by atoms with E-state index < -0.39 is 12.2 Å². The van der Waals surface area contributed by atoms with Crippen LogP contribution in [0.15, 0.2) is 36.4 Å². The molecule has 2 N–H and O–H groups in total. The molecule has 5 rings (SSSR count). The van der Waals surface area contributed by atoms with E-state index in [2.05, 4.69) is 9.80 Å². The molecule has 48 heavy (non-hydrogen) atoms. The van der Waals surface area contributed by atoms with E-state index in [1.165, 1.54) is 0 Å². The van der Waals surface area contributed by atoms with E-state index in [0.29, 0.717) is 48.9 Å². The van der Waals surface area contributed by atoms with Gasteiger partial charge in [0.05, 0.1) is 24.3 Å². The molecule has 0 spiro atoms. The molecule has 3 heterocycles. The van der Waals surface area contributed by atoms with Crippen molar-refractivity contribution in [1.82, 2.24) is 18.9 Å². The number of aliphatic hydroxyl groups excluding tert-OH is 2. The predicted octanol–water partition coefficient (Wildman–Crippen LogP) is 3.44. The highest BCUT2D eigenvalue weighted by Gasteiger charge is 2.24. The van der Waals surface area contributed by atoms with Crippen LogP contribution in [0, 0.1) is 13.8 Å². The molecular formula is C36H48N4O8. The fourth-order valence-corrected chi connectivity index (χ4v) is 6.44. The molecule has 1 saturated heterocycles. The summed E-state index contributed by atoms with van der Waals surface area (Å²) in [7, 11) is 3.83. The van der Waals surface area contributed by atoms with Crippen molar-refractivity contribution in [3.63, 3.8) is 0 Å². The summed E-state index contributed by atoms with van der Waals surface area (Å²) in [6.45, 7) is 12.1. The van der Waals surface area contributed by atoms with Crippen LogP contribution in [0.2, 0.25) is 0 Å². The van der Waals surface area contributed by atoms with E-state index in [1.807, 2.05) is 73.5 Å². The van der Waals surface area contributed by atoms with Crippen LogP contribution in [0.25, 0.3) is 21.8 Å². The van der Waals surface area contributed by atoms with Crippen molar-refractivity contribution in [2.75, 3.05) is 65.7 Å². The van der Waals surface area contributed by atoms with E-state index in [0.717, 1.165) is 59.4 Å². The Kier molecular flexibility index (Phi) is 11.3. The van der Waals surface area contributed by atoms with Gasteiger partial charge in [-0.25, -0.2) is 9.59 Å². The second kappa shape index (κ2) is 15.4. The van der Waals surface area contributed by atoms with Crippen molar-refractivity contribution in [2.24, 2.45) is 14.1 Å². The van der Waals surface area contributed by atoms with Gasteiger partial charge in [-0.05, 0) is 64.1 Å². The molecule has 4 aromatic rings. The topological polar surface area (TPSA) is 128 Å². The maximum Gasteiger partial charge on any atom is 0.340 e. The van der Waals surface area contributed by atoms with Crippen LogP contribution >= 0.6 is 0 Å². The Hall–Kier alpha value is -4.10. The average Bonchev–Trinajstić information content (AvgIpc) is 3.47. The van der Waals surface area contributed by atoms with Crippen LogP contribution in [0.4, 0.5) is 0 Å². The number of rotatable bonds is 14. The summed E-state index contributed by atoms with van der Waals surface area (Å²) in [6, 6.07) is 11.2. The number of carbonyl (C=O) groups excluding carboxylic acids is 2. The molecular weight excluding hydrogens is 616 g/mol. The highest BCUT2D eigenvalue weighted by atomic mass is 16.5. The number of ether oxygens (including phenoxy) is 4. The Morgan fingerprint density at radius 3 is 1.42 bits per heavy atom. The third kappa shape index (κ3) is 7.62. The molecule has 12 nitrogen and oxygen atoms in total. The number of piperazine rings is 1. The molecule has 0 bridgehead atoms. The number of hydrogen-bond donors (Lipinski definition) is 2. The smallest absolute Gasteiger partial charge is 0.340 e. The Balaban J connectivity index is 1.07. The van der Waals surface area contributed by atoms with Gasteiger partial charge in [0, 0.05) is 86.6 Å². The van der Waals surface area contributed by atoms with Gasteiger partial charge in [0.1, 0.15) is 36.9 Å². The van der Waals surface area contributed by atoms with Gasteiger partial charge < -0.3 is 38.3 Å². The minimum atomic E-state index is -0.691. The number of hydrogen-bond acceptors (Lipinski definition) is 10. The van der Waals surface area contributed by atoms with Crippen LogP contribution in [0.1, 0.15) is 46.0 Å². The van der Waals surface area contributed by atoms with Crippen molar-refractivity contribution in [3.8, 4) is 11.5 Å². The molecule has 0 saturated carbocycles. The van der Waals surface area contributed by atoms with Gasteiger partial charge in [-0.2, -0.15) is 0 Å². The lowest BCUT2D eigenvalue weighted by Crippen LogP contribution is -2.51. The molecule has 1 aliphatic rings. The number of fused-ring (bicyclic) bond motifs is 2. The fourth-order valence-electron chi connectivity index (χ4n) is 6.44. The number of aromatic nitrogens is 2. The number of carbonyl (C=O) groups is 2. The number of β-amino-alcohol motifs (C(OH)–C–C–N with tert-alkyl or cyclic N) is 2. The Morgan fingerprint density at radius 2 is 1.06 bits per heavy atom. The Bertz CT molecular complexity index is 1630. The number of aliphatic hydroxyl groups is 2. The third-order valence-corrected chi connectivity index (χ3v) is 9.17. The van der Waals surface area contributed by atoms with Gasteiger partial charge in [-0.3, -0.25) is 9.80 Å². The molecule has 1 aliphatic heterocycles. The third-order valence-electron chi connectivity index (χ3n) is 9.17. The van der Waals surface area contributed by atoms with E-state index in [9.17, 15) is 19.8 Å². The fraction of sp³-hybridized carbons (Fsp3) is 0.500. The van der Waals surface area contributed by atoms with E-state index >= 15 is 0 Å². The zero-order valence-corrected chi connectivity index (χ0v) is 28.8. The summed E-state index contributed by atoms with van der Waals surface area (Å²) in [4.78, 5) is 29.6. The van der Waals surface area contributed by atoms with E-state index in [-0.39, 0.29) is 25.2 Å². The summed E-state index contributed by atoms with van der Waals surface area (Å²) < 4.78 is 26.3. The molecule has 2 aromatic carbocycles. The van der Waals surface area contributed by atoms with Crippen molar-refractivity contribution in [3.05, 3.63) is 58.9 Å². The molecule has 0 amide bonds. The predicted molar refractivity (Wildman–Crippen MR) is 183 cm³/mol. The first-order valence-electron chi connectivity index (χ1n) is 16.6. The Morgan fingerprint density at radius 1 is 0.688 bits per heavy atom. The molecule has 2 unspecified atom stereocenters. The minimum Gasteiger partial charge on any atom is -0.491 e. The minimum absolute atomic E-state index is 0.123. The average molecular weight is 665 g/mol. The van der Waals surface area contributed by atoms with Crippen LogP contribution in [0.5, 0.6) is 11.5 Å². The van der Waals surface area contributed by atoms with Crippen molar-refractivity contribution >= 4 is 33.7 Å². The number of esters is 2. The normalized spacial score (nSPS) is 15.5. The summed E-state index contributed by atoms with van der Waals surface area (Å²) in [5.41, 5.74) is 4.53. The summed E-state index contributed by atoms with van der Waals surface area (Å²) in [5, 5.41) is 23.0. The van der Waals surface area contributed by atoms with Gasteiger partial charge in [0.15, 0.2) is 0 Å². The molecule has 12 heteroatoms. The first-order chi connectivity index (χ1) is 23.0. The number of aryl methyl sites for hydroxylation is 2. The first kappa shape index (κ1) is 35.2. The second-order valence-electron chi connectivity index (χ2n) is 12.4. The zero-order valence-electron chi connectivity index (χ0n) is 28.8. The lowest BCUT2D eigenvalue weighted by molar-refractivity contribution is 0.0241. The quantitative estimate of drug-likeness (QED) is 0.194. The zero-order chi connectivity index (χ0) is 34.5. The highest BCUT2D eigenvalue weighted by Crippen LogP contribution is 2.31. The van der Waals surface area contributed by atoms with E-state index in [4.69, 9.17) is 18.9 Å². The van der Waals surface area contributed by atoms with Gasteiger partial charge in [0.25, 0.3) is 0 Å². The number of benzene rings is 2. The summed E-state index contributed by atoms with van der Waals surface area (Å²) >= 11 is 0. The molecule has 260 valence electrons. The monoisotopic (exact) mass is 664 g/mol. The van der Waals surface area contributed by atoms with Gasteiger partial charge in [-0.1, -0.05) is 0 Å². The molecule has 0 radical (unpaired) electrons. The molecule has 2 aromatic heterocycles. The SMILES string of the molecule is CCOC(=O)c1c(C)n(C)c2ccc(OCC(O)CN3CCN(CC(O)COc4ccc5c(c4)c(C(=O)OCC)c(C)n5C)CC3)cc12. The highest BCUT2D eigenvalue weighted by molar-refractivity contribution is 6.07. The summed E-state index contributed by atoms with van der Waals surface area (Å²) in [5.74, 6) is 0.444. The lowest BCUT2D eigenvalue weighted by Gasteiger charge is -2.36. The lowest BCUT2D eigenvalue weighted by atomic mass is 10.1. The second-order valence-corrected chi connectivity index (χ2v) is 12.4. The standard InChI is InChI=1S/C36H48N4O8/c1-7-45-35(43)33-23(3)37(5)31-11-9-27(17-29(31)33)47-21-25(41)19-39-13-15-40(16-14-39)20-26(42)22-48-28-10-12-32-30(18-28)34(24(4)38(32)6)36(44)46-8-2/h9-12,17-18,25-26,41-42H,7-8,13-16,19-22H2,1-6H3. The first-order valence-corrected chi connectivity index (χ1v) is 16.6. The summed E-state index contributed by atoms with van der Waals surface area (Å²) in [6.07, 6.45) is -1.38. The molecule has 1 fully saturated rings. The van der Waals surface area contributed by atoms with Crippen LogP contribution in [-0.4, -0.2) is 119 Å². The van der Waals surface area contributed by atoms with Crippen LogP contribution in [-0.2, 0) is 23.6 Å². The molecule has 0 aliphatic carbocycles. The maximum absolute atomic E-state index is 12.6. The van der Waals surface area contributed by atoms with Gasteiger partial charge >= 0.3 is 11.9 Å². The van der Waals surface area contributed by atoms with Gasteiger partial charge in [-0.15, -0.1) is 0 Å². The van der Waals surface area contributed by atoms with Crippen molar-refractivity contribution < 1.29 is 38.7 Å². The Labute approximate surface area is 281 Å². The van der Waals surface area contributed by atoms with Crippen LogP contribution in [0.3, 0.4) is 0 Å². The number of nitrogens with zero attached hydrogens (tertiary/aromatic N) is 4.